The predicted octanol–water partition coefficient (Wildman–Crippen LogP) is 15.4. The highest BCUT2D eigenvalue weighted by Crippen LogP contribution is 2.62. The van der Waals surface area contributed by atoms with Crippen molar-refractivity contribution in [3.05, 3.63) is 246 Å². The molecule has 2 aliphatic rings. The molecular formula is C58H41NO. The van der Waals surface area contributed by atoms with Crippen LogP contribution in [0.2, 0.25) is 0 Å². The molecule has 0 aliphatic heterocycles. The van der Waals surface area contributed by atoms with E-state index in [1.807, 2.05) is 6.07 Å². The SMILES string of the molecule is CC1(C)c2ccccc2C2(c3ccccc3-c3cc(-c4cccc(N(c5ccc(-c6ccccc6)cc5)c5cccc6c5oc5ccccc56)c4)ccc32)c2ccccc21. The van der Waals surface area contributed by atoms with Crippen LogP contribution in [0.1, 0.15) is 47.2 Å². The average molecular weight is 768 g/mol. The largest absolute Gasteiger partial charge is 0.454 e. The minimum Gasteiger partial charge on any atom is -0.454 e. The molecule has 60 heavy (non-hydrogen) atoms. The Bertz CT molecular complexity index is 3250. The number of nitrogens with zero attached hydrogens (tertiary/aromatic N) is 1. The molecule has 0 saturated carbocycles. The van der Waals surface area contributed by atoms with Crippen LogP contribution >= 0.6 is 0 Å². The van der Waals surface area contributed by atoms with Gasteiger partial charge in [0.25, 0.3) is 0 Å². The monoisotopic (exact) mass is 767 g/mol. The standard InChI is InChI=1S/C58H41NO/c1-57(2)50-24-9-11-26-52(50)58(53-27-12-10-25-51(53)57)48-23-8-6-20-44(48)47-37-41(32-35-49(47)58)40-18-14-19-43(36-40)59(42-33-30-39(31-34-42)38-16-4-3-5-17-38)54-28-15-22-46-45-21-7-13-29-55(45)60-56(46)54/h3-37H,1-2H3. The lowest BCUT2D eigenvalue weighted by Gasteiger charge is -2.46. The third-order valence-electron chi connectivity index (χ3n) is 13.3. The molecule has 0 amide bonds. The number of fused-ring (bicyclic) bond motifs is 12. The van der Waals surface area contributed by atoms with Crippen LogP contribution in [-0.4, -0.2) is 0 Å². The maximum absolute atomic E-state index is 6.68. The highest BCUT2D eigenvalue weighted by atomic mass is 16.3. The Morgan fingerprint density at radius 2 is 0.917 bits per heavy atom. The van der Waals surface area contributed by atoms with Gasteiger partial charge in [-0.1, -0.05) is 184 Å². The van der Waals surface area contributed by atoms with Gasteiger partial charge in [0.2, 0.25) is 0 Å². The number of para-hydroxylation sites is 2. The van der Waals surface area contributed by atoms with E-state index in [9.17, 15) is 0 Å². The predicted molar refractivity (Wildman–Crippen MR) is 249 cm³/mol. The molecule has 1 aromatic heterocycles. The van der Waals surface area contributed by atoms with Crippen molar-refractivity contribution in [2.45, 2.75) is 24.7 Å². The zero-order valence-corrected chi connectivity index (χ0v) is 33.6. The first-order chi connectivity index (χ1) is 29.5. The normalized spacial score (nSPS) is 14.1. The summed E-state index contributed by atoms with van der Waals surface area (Å²) >= 11 is 0. The molecule has 10 aromatic rings. The summed E-state index contributed by atoms with van der Waals surface area (Å²) < 4.78 is 6.68. The van der Waals surface area contributed by atoms with Crippen molar-refractivity contribution in [1.82, 2.24) is 0 Å². The molecule has 0 saturated heterocycles. The summed E-state index contributed by atoms with van der Waals surface area (Å²) in [7, 11) is 0. The molecule has 2 heteroatoms. The second kappa shape index (κ2) is 13.0. The Morgan fingerprint density at radius 1 is 0.367 bits per heavy atom. The molecule has 2 aliphatic carbocycles. The minimum atomic E-state index is -0.414. The molecule has 12 rings (SSSR count). The van der Waals surface area contributed by atoms with Gasteiger partial charge in [0.05, 0.1) is 11.1 Å². The molecule has 2 nitrogen and oxygen atoms in total. The van der Waals surface area contributed by atoms with E-state index in [0.29, 0.717) is 0 Å². The van der Waals surface area contributed by atoms with Gasteiger partial charge in [-0.2, -0.15) is 0 Å². The van der Waals surface area contributed by atoms with E-state index in [-0.39, 0.29) is 5.41 Å². The van der Waals surface area contributed by atoms with E-state index in [1.54, 1.807) is 0 Å². The first-order valence-corrected chi connectivity index (χ1v) is 20.9. The lowest BCUT2D eigenvalue weighted by atomic mass is 9.55. The molecule has 0 unspecified atom stereocenters. The molecule has 0 fully saturated rings. The Labute approximate surface area is 350 Å². The zero-order valence-electron chi connectivity index (χ0n) is 33.6. The number of furan rings is 1. The minimum absolute atomic E-state index is 0.128. The summed E-state index contributed by atoms with van der Waals surface area (Å²) in [6.07, 6.45) is 0. The van der Waals surface area contributed by atoms with Crippen LogP contribution in [0.15, 0.2) is 217 Å². The quantitative estimate of drug-likeness (QED) is 0.173. The lowest BCUT2D eigenvalue weighted by Crippen LogP contribution is -2.40. The van der Waals surface area contributed by atoms with Crippen LogP contribution in [0.25, 0.3) is 55.3 Å². The van der Waals surface area contributed by atoms with Crippen molar-refractivity contribution in [1.29, 1.82) is 0 Å². The van der Waals surface area contributed by atoms with Gasteiger partial charge in [-0.15, -0.1) is 0 Å². The van der Waals surface area contributed by atoms with Crippen LogP contribution < -0.4 is 4.90 Å². The molecule has 0 radical (unpaired) electrons. The third-order valence-corrected chi connectivity index (χ3v) is 13.3. The van der Waals surface area contributed by atoms with E-state index in [4.69, 9.17) is 4.42 Å². The van der Waals surface area contributed by atoms with Gasteiger partial charge in [0, 0.05) is 27.6 Å². The number of hydrogen-bond acceptors (Lipinski definition) is 2. The summed E-state index contributed by atoms with van der Waals surface area (Å²) in [5.74, 6) is 0. The van der Waals surface area contributed by atoms with Crippen molar-refractivity contribution < 1.29 is 4.42 Å². The highest BCUT2D eigenvalue weighted by molar-refractivity contribution is 6.10. The highest BCUT2D eigenvalue weighted by Gasteiger charge is 2.53. The topological polar surface area (TPSA) is 16.4 Å². The average Bonchev–Trinajstić information content (AvgIpc) is 3.84. The van der Waals surface area contributed by atoms with Crippen LogP contribution in [0, 0.1) is 0 Å². The van der Waals surface area contributed by atoms with Crippen LogP contribution in [0.3, 0.4) is 0 Å². The molecule has 0 N–H and O–H groups in total. The van der Waals surface area contributed by atoms with Crippen molar-refractivity contribution in [2.24, 2.45) is 0 Å². The molecule has 0 atom stereocenters. The number of anilines is 3. The summed E-state index contributed by atoms with van der Waals surface area (Å²) in [6.45, 7) is 4.76. The fourth-order valence-corrected chi connectivity index (χ4v) is 10.6. The molecule has 0 bridgehead atoms. The fourth-order valence-electron chi connectivity index (χ4n) is 10.6. The zero-order chi connectivity index (χ0) is 40.0. The van der Waals surface area contributed by atoms with Gasteiger partial charge in [0.1, 0.15) is 5.58 Å². The van der Waals surface area contributed by atoms with Crippen molar-refractivity contribution in [2.75, 3.05) is 4.90 Å². The molecule has 284 valence electrons. The second-order valence-corrected chi connectivity index (χ2v) is 16.8. The second-order valence-electron chi connectivity index (χ2n) is 16.8. The van der Waals surface area contributed by atoms with Gasteiger partial charge in [-0.3, -0.25) is 0 Å². The summed E-state index contributed by atoms with van der Waals surface area (Å²) in [5, 5.41) is 2.22. The maximum atomic E-state index is 6.68. The van der Waals surface area contributed by atoms with E-state index < -0.39 is 5.41 Å². The summed E-state index contributed by atoms with van der Waals surface area (Å²) in [4.78, 5) is 2.35. The molecule has 1 spiro atoms. The molecular weight excluding hydrogens is 727 g/mol. The van der Waals surface area contributed by atoms with Gasteiger partial charge < -0.3 is 9.32 Å². The van der Waals surface area contributed by atoms with Crippen LogP contribution in [0.4, 0.5) is 17.1 Å². The smallest absolute Gasteiger partial charge is 0.159 e. The Balaban J connectivity index is 1.04. The van der Waals surface area contributed by atoms with Crippen molar-refractivity contribution in [3.8, 4) is 33.4 Å². The van der Waals surface area contributed by atoms with Gasteiger partial charge in [-0.25, -0.2) is 0 Å². The Kier molecular flexibility index (Phi) is 7.52. The van der Waals surface area contributed by atoms with Crippen molar-refractivity contribution >= 4 is 39.0 Å². The van der Waals surface area contributed by atoms with Gasteiger partial charge in [0.15, 0.2) is 5.58 Å². The number of hydrogen-bond donors (Lipinski definition) is 0. The number of benzene rings is 9. The summed E-state index contributed by atoms with van der Waals surface area (Å²) in [6, 6.07) is 77.8. The van der Waals surface area contributed by atoms with E-state index in [2.05, 4.69) is 225 Å². The van der Waals surface area contributed by atoms with Crippen molar-refractivity contribution in [3.63, 3.8) is 0 Å². The van der Waals surface area contributed by atoms with Gasteiger partial charge >= 0.3 is 0 Å². The van der Waals surface area contributed by atoms with E-state index in [0.717, 1.165) is 44.6 Å². The Hall–Kier alpha value is -7.42. The Morgan fingerprint density at radius 3 is 1.68 bits per heavy atom. The van der Waals surface area contributed by atoms with E-state index >= 15 is 0 Å². The first kappa shape index (κ1) is 34.6. The maximum Gasteiger partial charge on any atom is 0.159 e. The molecule has 9 aromatic carbocycles. The van der Waals surface area contributed by atoms with Gasteiger partial charge in [-0.05, 0) is 109 Å². The summed E-state index contributed by atoms with van der Waals surface area (Å²) in [5.41, 5.74) is 19.8. The van der Waals surface area contributed by atoms with E-state index in [1.165, 1.54) is 61.2 Å². The molecule has 1 heterocycles. The third kappa shape index (κ3) is 4.88. The lowest BCUT2D eigenvalue weighted by molar-refractivity contribution is 0.563. The fraction of sp³-hybridized carbons (Fsp3) is 0.0690. The first-order valence-electron chi connectivity index (χ1n) is 20.9. The van der Waals surface area contributed by atoms with Crippen LogP contribution in [-0.2, 0) is 10.8 Å². The van der Waals surface area contributed by atoms with Crippen LogP contribution in [0.5, 0.6) is 0 Å². The number of rotatable bonds is 5.